The number of nitrogens with one attached hydrogen (secondary N) is 1. The smallest absolute Gasteiger partial charge is 0.240 e. The molecule has 0 aliphatic carbocycles. The van der Waals surface area contributed by atoms with Crippen LogP contribution in [0.2, 0.25) is 0 Å². The molecule has 0 spiro atoms. The summed E-state index contributed by atoms with van der Waals surface area (Å²) in [6.07, 6.45) is 2.78. The molecular weight excluding hydrogens is 269 g/mol. The Kier molecular flexibility index (Phi) is 4.54. The maximum absolute atomic E-state index is 13.4. The Hall–Kier alpha value is -0.980. The quantitative estimate of drug-likeness (QED) is 0.901. The number of benzene rings is 1. The first-order valence-electron chi connectivity index (χ1n) is 6.37. The molecule has 2 rings (SSSR count). The van der Waals surface area contributed by atoms with Crippen LogP contribution in [0.25, 0.3) is 0 Å². The van der Waals surface area contributed by atoms with Gasteiger partial charge in [0.05, 0.1) is 11.0 Å². The van der Waals surface area contributed by atoms with Crippen LogP contribution in [0.4, 0.5) is 4.39 Å². The summed E-state index contributed by atoms with van der Waals surface area (Å²) in [6, 6.07) is 4.06. The fourth-order valence-electron chi connectivity index (χ4n) is 2.18. The van der Waals surface area contributed by atoms with Crippen LogP contribution in [0.15, 0.2) is 23.1 Å². The van der Waals surface area contributed by atoms with Gasteiger partial charge in [0.15, 0.2) is 0 Å². The fourth-order valence-corrected chi connectivity index (χ4v) is 3.48. The van der Waals surface area contributed by atoms with E-state index in [-0.39, 0.29) is 16.6 Å². The van der Waals surface area contributed by atoms with E-state index in [0.717, 1.165) is 19.4 Å². The minimum Gasteiger partial charge on any atom is -0.378 e. The summed E-state index contributed by atoms with van der Waals surface area (Å²) in [5.74, 6) is -0.512. The van der Waals surface area contributed by atoms with E-state index in [4.69, 9.17) is 4.74 Å². The van der Waals surface area contributed by atoms with E-state index in [1.54, 1.807) is 0 Å². The van der Waals surface area contributed by atoms with Crippen molar-refractivity contribution in [1.29, 1.82) is 0 Å². The van der Waals surface area contributed by atoms with Gasteiger partial charge in [0, 0.05) is 18.7 Å². The van der Waals surface area contributed by atoms with E-state index < -0.39 is 15.8 Å². The predicted molar refractivity (Wildman–Crippen MR) is 69.9 cm³/mol. The monoisotopic (exact) mass is 287 g/mol. The van der Waals surface area contributed by atoms with Crippen molar-refractivity contribution in [1.82, 2.24) is 4.72 Å². The van der Waals surface area contributed by atoms with E-state index in [1.807, 2.05) is 0 Å². The lowest BCUT2D eigenvalue weighted by Crippen LogP contribution is -2.28. The molecule has 1 N–H and O–H groups in total. The van der Waals surface area contributed by atoms with E-state index >= 15 is 0 Å². The Bertz CT molecular complexity index is 539. The van der Waals surface area contributed by atoms with Gasteiger partial charge in [-0.2, -0.15) is 0 Å². The third-order valence-corrected chi connectivity index (χ3v) is 4.90. The summed E-state index contributed by atoms with van der Waals surface area (Å²) in [5.41, 5.74) is 0.145. The second kappa shape index (κ2) is 5.98. The second-order valence-electron chi connectivity index (χ2n) is 4.68. The van der Waals surface area contributed by atoms with Gasteiger partial charge in [-0.3, -0.25) is 0 Å². The number of rotatable bonds is 5. The highest BCUT2D eigenvalue weighted by Gasteiger charge is 2.20. The van der Waals surface area contributed by atoms with Crippen LogP contribution >= 0.6 is 0 Å². The van der Waals surface area contributed by atoms with Gasteiger partial charge in [-0.05, 0) is 38.3 Å². The highest BCUT2D eigenvalue weighted by Crippen LogP contribution is 2.18. The number of hydrogen-bond donors (Lipinski definition) is 1. The summed E-state index contributed by atoms with van der Waals surface area (Å²) in [4.78, 5) is -0.000148. The number of sulfonamides is 1. The highest BCUT2D eigenvalue weighted by molar-refractivity contribution is 7.89. The number of hydrogen-bond acceptors (Lipinski definition) is 3. The topological polar surface area (TPSA) is 55.4 Å². The van der Waals surface area contributed by atoms with Crippen molar-refractivity contribution in [2.24, 2.45) is 0 Å². The zero-order valence-electron chi connectivity index (χ0n) is 10.9. The molecule has 1 atom stereocenters. The van der Waals surface area contributed by atoms with Gasteiger partial charge in [-0.25, -0.2) is 17.5 Å². The molecule has 0 aromatic heterocycles. The predicted octanol–water partition coefficient (Wildman–Crippen LogP) is 1.98. The maximum Gasteiger partial charge on any atom is 0.240 e. The molecule has 0 saturated carbocycles. The largest absolute Gasteiger partial charge is 0.378 e. The molecule has 106 valence electrons. The minimum atomic E-state index is -3.65. The molecule has 6 heteroatoms. The lowest BCUT2D eigenvalue weighted by atomic mass is 10.2. The first-order valence-corrected chi connectivity index (χ1v) is 7.85. The van der Waals surface area contributed by atoms with Crippen LogP contribution in [0.3, 0.4) is 0 Å². The normalized spacial score (nSPS) is 19.8. The Balaban J connectivity index is 1.99. The third-order valence-electron chi connectivity index (χ3n) is 3.29. The van der Waals surface area contributed by atoms with Gasteiger partial charge < -0.3 is 4.74 Å². The molecule has 1 fully saturated rings. The van der Waals surface area contributed by atoms with Gasteiger partial charge in [0.1, 0.15) is 5.82 Å². The lowest BCUT2D eigenvalue weighted by molar-refractivity contribution is 0.105. The average Bonchev–Trinajstić information content (AvgIpc) is 2.85. The van der Waals surface area contributed by atoms with Crippen molar-refractivity contribution < 1.29 is 17.5 Å². The Morgan fingerprint density at radius 2 is 2.26 bits per heavy atom. The van der Waals surface area contributed by atoms with Gasteiger partial charge in [0.25, 0.3) is 0 Å². The van der Waals surface area contributed by atoms with Gasteiger partial charge in [-0.15, -0.1) is 0 Å². The minimum absolute atomic E-state index is 0.000148. The van der Waals surface area contributed by atoms with Gasteiger partial charge >= 0.3 is 0 Å². The molecule has 19 heavy (non-hydrogen) atoms. The molecule has 1 aliphatic rings. The van der Waals surface area contributed by atoms with Crippen molar-refractivity contribution in [3.63, 3.8) is 0 Å². The molecule has 0 amide bonds. The molecule has 1 aromatic rings. The lowest BCUT2D eigenvalue weighted by Gasteiger charge is -2.12. The van der Waals surface area contributed by atoms with Crippen molar-refractivity contribution in [3.8, 4) is 0 Å². The maximum atomic E-state index is 13.4. The number of ether oxygens (including phenoxy) is 1. The fraction of sp³-hybridized carbons (Fsp3) is 0.538. The van der Waals surface area contributed by atoms with Crippen LogP contribution in [0.1, 0.15) is 24.8 Å². The van der Waals surface area contributed by atoms with Crippen molar-refractivity contribution in [2.45, 2.75) is 37.2 Å². The zero-order valence-corrected chi connectivity index (χ0v) is 11.7. The SMILES string of the molecule is Cc1c(F)cccc1S(=O)(=O)NCC[C@H]1CCCO1. The van der Waals surface area contributed by atoms with Crippen molar-refractivity contribution >= 4 is 10.0 Å². The van der Waals surface area contributed by atoms with Crippen molar-refractivity contribution in [3.05, 3.63) is 29.6 Å². The van der Waals surface area contributed by atoms with Gasteiger partial charge in [-0.1, -0.05) is 6.07 Å². The molecule has 1 saturated heterocycles. The van der Waals surface area contributed by atoms with E-state index in [1.165, 1.54) is 25.1 Å². The van der Waals surface area contributed by atoms with E-state index in [0.29, 0.717) is 13.0 Å². The Morgan fingerprint density at radius 3 is 2.95 bits per heavy atom. The van der Waals surface area contributed by atoms with Crippen molar-refractivity contribution in [2.75, 3.05) is 13.2 Å². The van der Waals surface area contributed by atoms with Crippen LogP contribution < -0.4 is 4.72 Å². The van der Waals surface area contributed by atoms with E-state index in [2.05, 4.69) is 4.72 Å². The molecule has 0 radical (unpaired) electrons. The summed E-state index contributed by atoms with van der Waals surface area (Å²) < 4.78 is 45.4. The summed E-state index contributed by atoms with van der Waals surface area (Å²) in [5, 5.41) is 0. The summed E-state index contributed by atoms with van der Waals surface area (Å²) >= 11 is 0. The van der Waals surface area contributed by atoms with E-state index in [9.17, 15) is 12.8 Å². The summed E-state index contributed by atoms with van der Waals surface area (Å²) in [6.45, 7) is 2.52. The molecular formula is C13H18FNO3S. The molecule has 1 heterocycles. The Morgan fingerprint density at radius 1 is 1.47 bits per heavy atom. The molecule has 1 aromatic carbocycles. The average molecular weight is 287 g/mol. The summed E-state index contributed by atoms with van der Waals surface area (Å²) in [7, 11) is -3.65. The van der Waals surface area contributed by atoms with Gasteiger partial charge in [0.2, 0.25) is 10.0 Å². The van der Waals surface area contributed by atoms with Crippen LogP contribution in [0.5, 0.6) is 0 Å². The molecule has 4 nitrogen and oxygen atoms in total. The second-order valence-corrected chi connectivity index (χ2v) is 6.42. The third kappa shape index (κ3) is 3.52. The molecule has 1 aliphatic heterocycles. The van der Waals surface area contributed by atoms with Crippen LogP contribution in [-0.2, 0) is 14.8 Å². The number of halogens is 1. The van der Waals surface area contributed by atoms with Crippen LogP contribution in [-0.4, -0.2) is 27.7 Å². The molecule has 0 bridgehead atoms. The zero-order chi connectivity index (χ0) is 13.9. The molecule has 0 unspecified atom stereocenters. The standard InChI is InChI=1S/C13H18FNO3S/c1-10-12(14)5-2-6-13(10)19(16,17)15-8-7-11-4-3-9-18-11/h2,5-6,11,15H,3-4,7-9H2,1H3/t11-/m1/s1. The first-order chi connectivity index (χ1) is 9.00. The van der Waals surface area contributed by atoms with Crippen LogP contribution in [0, 0.1) is 12.7 Å². The Labute approximate surface area is 113 Å². The first kappa shape index (κ1) is 14.4. The highest BCUT2D eigenvalue weighted by atomic mass is 32.2.